The summed E-state index contributed by atoms with van der Waals surface area (Å²) in [5, 5.41) is 0. The molecular weight excluding hydrogens is 432 g/mol. The molecule has 0 N–H and O–H groups in total. The van der Waals surface area contributed by atoms with Gasteiger partial charge in [0.15, 0.2) is 0 Å². The number of fused-ring (bicyclic) bond motifs is 3. The van der Waals surface area contributed by atoms with Crippen molar-refractivity contribution in [2.75, 3.05) is 0 Å². The Hall–Kier alpha value is 0. The van der Waals surface area contributed by atoms with Gasteiger partial charge >= 0.3 is 0 Å². The van der Waals surface area contributed by atoms with Gasteiger partial charge in [-0.1, -0.05) is 103 Å². The van der Waals surface area contributed by atoms with Crippen LogP contribution in [0.15, 0.2) is 0 Å². The van der Waals surface area contributed by atoms with Crippen LogP contribution in [0.25, 0.3) is 0 Å². The van der Waals surface area contributed by atoms with Gasteiger partial charge in [0.05, 0.1) is 0 Å². The highest BCUT2D eigenvalue weighted by atomic mass is 14.6. The van der Waals surface area contributed by atoms with E-state index in [1.165, 1.54) is 6.42 Å². The quantitative estimate of drug-likeness (QED) is 0.367. The fraction of sp³-hybridized carbons (Fsp3) is 1.00. The topological polar surface area (TPSA) is 0 Å². The molecule has 7 aliphatic rings. The molecule has 7 rings (SSSR count). The Morgan fingerprint density at radius 2 is 0.556 bits per heavy atom. The molecule has 0 radical (unpaired) electrons. The summed E-state index contributed by atoms with van der Waals surface area (Å²) in [4.78, 5) is 0. The Morgan fingerprint density at radius 3 is 1.11 bits per heavy atom. The summed E-state index contributed by atoms with van der Waals surface area (Å²) in [6, 6.07) is 0. The molecule has 0 aliphatic heterocycles. The third-order valence-electron chi connectivity index (χ3n) is 14.5. The van der Waals surface area contributed by atoms with Gasteiger partial charge in [-0.3, -0.25) is 0 Å². The Balaban J connectivity index is 1.14. The molecule has 7 aliphatic carbocycles. The maximum atomic E-state index is 1.67. The first-order valence-electron chi connectivity index (χ1n) is 17.9. The smallest absolute Gasteiger partial charge is 0.0323 e. The molecule has 7 saturated carbocycles. The van der Waals surface area contributed by atoms with Gasteiger partial charge in [-0.15, -0.1) is 0 Å². The summed E-state index contributed by atoms with van der Waals surface area (Å²) in [5.41, 5.74) is 0. The van der Waals surface area contributed by atoms with Gasteiger partial charge in [0, 0.05) is 0 Å². The second-order valence-electron chi connectivity index (χ2n) is 15.8. The van der Waals surface area contributed by atoms with E-state index in [-0.39, 0.29) is 0 Å². The molecule has 0 bridgehead atoms. The highest BCUT2D eigenvalue weighted by Crippen LogP contribution is 2.63. The van der Waals surface area contributed by atoms with Crippen LogP contribution < -0.4 is 0 Å². The molecule has 0 nitrogen and oxygen atoms in total. The van der Waals surface area contributed by atoms with Crippen molar-refractivity contribution in [1.29, 1.82) is 0 Å². The van der Waals surface area contributed by atoms with Crippen LogP contribution >= 0.6 is 0 Å². The highest BCUT2D eigenvalue weighted by Gasteiger charge is 2.55. The van der Waals surface area contributed by atoms with Gasteiger partial charge in [-0.25, -0.2) is 0 Å². The van der Waals surface area contributed by atoms with Crippen molar-refractivity contribution in [3.05, 3.63) is 0 Å². The Labute approximate surface area is 224 Å². The van der Waals surface area contributed by atoms with E-state index in [4.69, 9.17) is 0 Å². The van der Waals surface area contributed by atoms with Crippen LogP contribution in [0.3, 0.4) is 0 Å². The average Bonchev–Trinajstić information content (AvgIpc) is 2.96. The first-order valence-corrected chi connectivity index (χ1v) is 17.9. The van der Waals surface area contributed by atoms with E-state index in [1.54, 1.807) is 148 Å². The average molecular weight is 493 g/mol. The predicted molar refractivity (Wildman–Crippen MR) is 153 cm³/mol. The molecule has 0 aromatic heterocycles. The molecular formula is C36H60. The van der Waals surface area contributed by atoms with Gasteiger partial charge in [0.25, 0.3) is 0 Å². The van der Waals surface area contributed by atoms with E-state index in [2.05, 4.69) is 0 Å². The van der Waals surface area contributed by atoms with Crippen molar-refractivity contribution >= 4 is 0 Å². The van der Waals surface area contributed by atoms with Gasteiger partial charge in [-0.2, -0.15) is 0 Å². The van der Waals surface area contributed by atoms with Crippen molar-refractivity contribution in [3.63, 3.8) is 0 Å². The summed E-state index contributed by atoms with van der Waals surface area (Å²) < 4.78 is 0. The second kappa shape index (κ2) is 11.2. The Morgan fingerprint density at radius 1 is 0.222 bits per heavy atom. The van der Waals surface area contributed by atoms with Crippen LogP contribution in [-0.4, -0.2) is 0 Å². The lowest BCUT2D eigenvalue weighted by Gasteiger charge is -2.61. The minimum atomic E-state index is 1.12. The molecule has 0 heteroatoms. The maximum Gasteiger partial charge on any atom is -0.0323 e. The molecule has 204 valence electrons. The first-order chi connectivity index (χ1) is 17.9. The molecule has 7 fully saturated rings. The van der Waals surface area contributed by atoms with Crippen LogP contribution in [0.1, 0.15) is 154 Å². The predicted octanol–water partition coefficient (Wildman–Crippen LogP) is 10.8. The van der Waals surface area contributed by atoms with Crippen molar-refractivity contribution in [3.8, 4) is 0 Å². The molecule has 9 unspecified atom stereocenters. The monoisotopic (exact) mass is 492 g/mol. The van der Waals surface area contributed by atoms with Crippen LogP contribution in [0, 0.1) is 71.0 Å². The molecule has 0 amide bonds. The zero-order chi connectivity index (χ0) is 23.9. The lowest BCUT2D eigenvalue weighted by Crippen LogP contribution is -2.54. The second-order valence-corrected chi connectivity index (χ2v) is 15.8. The van der Waals surface area contributed by atoms with Gasteiger partial charge in [0.2, 0.25) is 0 Å². The van der Waals surface area contributed by atoms with Crippen LogP contribution in [0.2, 0.25) is 0 Å². The van der Waals surface area contributed by atoms with Crippen LogP contribution in [0.5, 0.6) is 0 Å². The van der Waals surface area contributed by atoms with Crippen molar-refractivity contribution in [1.82, 2.24) is 0 Å². The largest absolute Gasteiger partial charge is 0.0533 e. The Bertz CT molecular complexity index is 679. The van der Waals surface area contributed by atoms with E-state index in [0.717, 1.165) is 71.0 Å². The summed E-state index contributed by atoms with van der Waals surface area (Å²) in [5.74, 6) is 13.6. The third-order valence-corrected chi connectivity index (χ3v) is 14.5. The van der Waals surface area contributed by atoms with Gasteiger partial charge in [0.1, 0.15) is 0 Å². The van der Waals surface area contributed by atoms with E-state index in [1.807, 2.05) is 0 Å². The zero-order valence-corrected chi connectivity index (χ0v) is 23.9. The maximum absolute atomic E-state index is 1.67. The molecule has 0 heterocycles. The van der Waals surface area contributed by atoms with Crippen LogP contribution in [-0.2, 0) is 0 Å². The van der Waals surface area contributed by atoms with E-state index in [9.17, 15) is 0 Å². The Kier molecular flexibility index (Phi) is 7.80. The van der Waals surface area contributed by atoms with E-state index in [0.29, 0.717) is 0 Å². The lowest BCUT2D eigenvalue weighted by atomic mass is 9.44. The summed E-state index contributed by atoms with van der Waals surface area (Å²) >= 11 is 0. The van der Waals surface area contributed by atoms with Crippen molar-refractivity contribution in [2.45, 2.75) is 154 Å². The third kappa shape index (κ3) is 4.78. The molecule has 9 atom stereocenters. The summed E-state index contributed by atoms with van der Waals surface area (Å²) in [6.45, 7) is 0. The van der Waals surface area contributed by atoms with Gasteiger partial charge < -0.3 is 0 Å². The first kappa shape index (κ1) is 25.0. The minimum Gasteiger partial charge on any atom is -0.0533 e. The molecule has 0 aromatic carbocycles. The normalized spacial score (nSPS) is 50.5. The standard InChI is InChI=1S/C36H60/c1-2-11-25(12-3-1)28-15-10-16-29(23-28)35-31-17-6-8-19-33(31)36(34-20-9-7-18-32(34)35)30-22-21-26-13-4-5-14-27(26)24-30/h25-36H,1-24H2. The van der Waals surface area contributed by atoms with Gasteiger partial charge in [-0.05, 0) is 122 Å². The molecule has 0 saturated heterocycles. The van der Waals surface area contributed by atoms with Crippen molar-refractivity contribution < 1.29 is 0 Å². The van der Waals surface area contributed by atoms with E-state index >= 15 is 0 Å². The minimum absolute atomic E-state index is 1.12. The highest BCUT2D eigenvalue weighted by molar-refractivity contribution is 5.04. The fourth-order valence-electron chi connectivity index (χ4n) is 13.2. The molecule has 0 spiro atoms. The summed E-state index contributed by atoms with van der Waals surface area (Å²) in [6.07, 6.45) is 38.4. The fourth-order valence-corrected chi connectivity index (χ4v) is 13.2. The molecule has 36 heavy (non-hydrogen) atoms. The zero-order valence-electron chi connectivity index (χ0n) is 23.9. The SMILES string of the molecule is C1CCC(C2CCCC(C3C4CCCCC4C(C4CCC5CCCCC5C4)C4CCCCC43)C2)CC1. The molecule has 0 aromatic rings. The number of hydrogen-bond donors (Lipinski definition) is 0. The lowest BCUT2D eigenvalue weighted by molar-refractivity contribution is -0.121. The number of rotatable bonds is 3. The van der Waals surface area contributed by atoms with Crippen LogP contribution in [0.4, 0.5) is 0 Å². The van der Waals surface area contributed by atoms with Crippen molar-refractivity contribution in [2.24, 2.45) is 71.0 Å². The van der Waals surface area contributed by atoms with E-state index < -0.39 is 0 Å². The number of hydrogen-bond acceptors (Lipinski definition) is 0. The summed E-state index contributed by atoms with van der Waals surface area (Å²) in [7, 11) is 0.